The van der Waals surface area contributed by atoms with Gasteiger partial charge in [0.25, 0.3) is 5.56 Å². The summed E-state index contributed by atoms with van der Waals surface area (Å²) in [5, 5.41) is 1.20. The maximum absolute atomic E-state index is 12.8. The fraction of sp³-hybridized carbons (Fsp3) is 0.130. The van der Waals surface area contributed by atoms with Crippen LogP contribution >= 0.6 is 12.0 Å². The van der Waals surface area contributed by atoms with E-state index in [9.17, 15) is 4.79 Å². The molecular weight excluding hydrogens is 400 g/mol. The van der Waals surface area contributed by atoms with Crippen LogP contribution in [0.25, 0.3) is 33.4 Å². The number of aromatic amines is 1. The highest BCUT2D eigenvalue weighted by atomic mass is 32.2. The first-order valence-corrected chi connectivity index (χ1v) is 9.94. The van der Waals surface area contributed by atoms with Gasteiger partial charge in [-0.25, -0.2) is 4.98 Å². The zero-order valence-corrected chi connectivity index (χ0v) is 17.6. The summed E-state index contributed by atoms with van der Waals surface area (Å²) in [6.45, 7) is 0. The summed E-state index contributed by atoms with van der Waals surface area (Å²) in [5.41, 5.74) is 2.84. The second-order valence-electron chi connectivity index (χ2n) is 6.49. The van der Waals surface area contributed by atoms with Gasteiger partial charge >= 0.3 is 0 Å². The van der Waals surface area contributed by atoms with Crippen LogP contribution in [-0.2, 0) is 4.18 Å². The average Bonchev–Trinajstić information content (AvgIpc) is 2.79. The summed E-state index contributed by atoms with van der Waals surface area (Å²) >= 11 is 1.31. The first kappa shape index (κ1) is 20.0. The molecule has 0 spiro atoms. The van der Waals surface area contributed by atoms with Gasteiger partial charge in [0.2, 0.25) is 0 Å². The first-order chi connectivity index (χ1) is 14.6. The lowest BCUT2D eigenvalue weighted by Gasteiger charge is -2.10. The smallest absolute Gasteiger partial charge is 0.260 e. The number of H-pyrrole nitrogens is 1. The molecule has 0 bridgehead atoms. The number of rotatable bonds is 6. The molecule has 0 aliphatic heterocycles. The number of methoxy groups -OCH3 is 2. The Bertz CT molecular complexity index is 1250. The number of nitrogens with one attached hydrogen (secondary N) is 1. The molecule has 2 aromatic heterocycles. The van der Waals surface area contributed by atoms with Gasteiger partial charge in [0.1, 0.15) is 11.5 Å². The Morgan fingerprint density at radius 2 is 1.67 bits per heavy atom. The van der Waals surface area contributed by atoms with Crippen molar-refractivity contribution in [2.45, 2.75) is 4.90 Å². The van der Waals surface area contributed by atoms with Gasteiger partial charge in [-0.05, 0) is 41.8 Å². The monoisotopic (exact) mass is 420 g/mol. The SMILES string of the molecule is COSc1ccc(-c2cccc(-c3cc4cc(OC)cc(OC)c4c(=O)[nH]3)n2)cc1. The van der Waals surface area contributed by atoms with E-state index in [2.05, 4.69) is 4.98 Å². The predicted octanol–water partition coefficient (Wildman–Crippen LogP) is 4.93. The molecule has 0 saturated heterocycles. The molecule has 0 unspecified atom stereocenters. The van der Waals surface area contributed by atoms with Gasteiger partial charge in [-0.1, -0.05) is 18.2 Å². The molecule has 4 rings (SSSR count). The third kappa shape index (κ3) is 3.90. The zero-order chi connectivity index (χ0) is 21.1. The Labute approximate surface area is 178 Å². The van der Waals surface area contributed by atoms with E-state index in [1.54, 1.807) is 20.3 Å². The summed E-state index contributed by atoms with van der Waals surface area (Å²) < 4.78 is 15.8. The van der Waals surface area contributed by atoms with Gasteiger partial charge in [0.15, 0.2) is 0 Å². The summed E-state index contributed by atoms with van der Waals surface area (Å²) in [7, 11) is 4.75. The van der Waals surface area contributed by atoms with Crippen LogP contribution in [0.5, 0.6) is 11.5 Å². The van der Waals surface area contributed by atoms with Crippen LogP contribution in [0, 0.1) is 0 Å². The first-order valence-electron chi connectivity index (χ1n) is 9.20. The number of benzene rings is 2. The molecule has 0 atom stereocenters. The highest BCUT2D eigenvalue weighted by molar-refractivity contribution is 7.94. The van der Waals surface area contributed by atoms with E-state index in [0.717, 1.165) is 21.5 Å². The fourth-order valence-corrected chi connectivity index (χ4v) is 3.72. The molecule has 2 aromatic carbocycles. The third-order valence-electron chi connectivity index (χ3n) is 4.69. The van der Waals surface area contributed by atoms with Crippen molar-refractivity contribution >= 4 is 22.8 Å². The summed E-state index contributed by atoms with van der Waals surface area (Å²) in [6.07, 6.45) is 0. The standard InChI is InChI=1S/C23H20N2O4S/c1-27-16-11-15-12-20(25-23(26)22(15)21(13-16)28-2)19-6-4-5-18(24-19)14-7-9-17(10-8-14)30-29-3/h4-13H,1-3H3,(H,25,26). The van der Waals surface area contributed by atoms with Gasteiger partial charge in [-0.3, -0.25) is 4.79 Å². The Morgan fingerprint density at radius 1 is 0.900 bits per heavy atom. The molecule has 7 heteroatoms. The molecule has 0 aliphatic rings. The Kier molecular flexibility index (Phi) is 5.74. The Hall–Kier alpha value is -3.29. The zero-order valence-electron chi connectivity index (χ0n) is 16.8. The lowest BCUT2D eigenvalue weighted by Crippen LogP contribution is -2.09. The van der Waals surface area contributed by atoms with Crippen LogP contribution in [0.2, 0.25) is 0 Å². The number of nitrogens with zero attached hydrogens (tertiary/aromatic N) is 1. The molecule has 1 N–H and O–H groups in total. The van der Waals surface area contributed by atoms with Crippen LogP contribution in [0.3, 0.4) is 0 Å². The minimum atomic E-state index is -0.241. The van der Waals surface area contributed by atoms with Crippen LogP contribution in [0.15, 0.2) is 70.4 Å². The molecule has 0 aliphatic carbocycles. The second-order valence-corrected chi connectivity index (χ2v) is 7.46. The molecule has 0 fully saturated rings. The number of fused-ring (bicyclic) bond motifs is 1. The lowest BCUT2D eigenvalue weighted by molar-refractivity contribution is 0.398. The molecule has 30 heavy (non-hydrogen) atoms. The normalized spacial score (nSPS) is 10.9. The summed E-state index contributed by atoms with van der Waals surface area (Å²) in [6, 6.07) is 19.1. The quantitative estimate of drug-likeness (QED) is 0.446. The maximum atomic E-state index is 12.8. The van der Waals surface area contributed by atoms with Crippen molar-refractivity contribution in [2.75, 3.05) is 21.3 Å². The number of hydrogen-bond acceptors (Lipinski definition) is 6. The molecule has 6 nitrogen and oxygen atoms in total. The van der Waals surface area contributed by atoms with Crippen molar-refractivity contribution in [2.24, 2.45) is 0 Å². The van der Waals surface area contributed by atoms with E-state index >= 15 is 0 Å². The van der Waals surface area contributed by atoms with E-state index < -0.39 is 0 Å². The van der Waals surface area contributed by atoms with Crippen molar-refractivity contribution in [3.05, 3.63) is 71.0 Å². The molecular formula is C23H20N2O4S. The van der Waals surface area contributed by atoms with E-state index in [1.807, 2.05) is 54.6 Å². The Morgan fingerprint density at radius 3 is 2.37 bits per heavy atom. The molecule has 0 saturated carbocycles. The number of aromatic nitrogens is 2. The number of ether oxygens (including phenoxy) is 2. The summed E-state index contributed by atoms with van der Waals surface area (Å²) in [4.78, 5) is 21.5. The minimum Gasteiger partial charge on any atom is -0.497 e. The van der Waals surface area contributed by atoms with Gasteiger partial charge < -0.3 is 18.6 Å². The third-order valence-corrected chi connectivity index (χ3v) is 5.32. The lowest BCUT2D eigenvalue weighted by atomic mass is 10.1. The largest absolute Gasteiger partial charge is 0.497 e. The van der Waals surface area contributed by atoms with Crippen molar-refractivity contribution in [1.82, 2.24) is 9.97 Å². The van der Waals surface area contributed by atoms with E-state index in [-0.39, 0.29) is 5.56 Å². The van der Waals surface area contributed by atoms with Gasteiger partial charge in [-0.2, -0.15) is 0 Å². The van der Waals surface area contributed by atoms with Crippen LogP contribution in [0.1, 0.15) is 0 Å². The average molecular weight is 420 g/mol. The van der Waals surface area contributed by atoms with E-state index in [0.29, 0.717) is 28.3 Å². The maximum Gasteiger partial charge on any atom is 0.260 e. The van der Waals surface area contributed by atoms with Crippen LogP contribution in [0.4, 0.5) is 0 Å². The highest BCUT2D eigenvalue weighted by Crippen LogP contribution is 2.31. The minimum absolute atomic E-state index is 0.241. The van der Waals surface area contributed by atoms with Gasteiger partial charge in [-0.15, -0.1) is 0 Å². The van der Waals surface area contributed by atoms with Crippen molar-refractivity contribution < 1.29 is 13.7 Å². The molecule has 0 radical (unpaired) electrons. The summed E-state index contributed by atoms with van der Waals surface area (Å²) in [5.74, 6) is 1.08. The second kappa shape index (κ2) is 8.61. The van der Waals surface area contributed by atoms with E-state index in [1.165, 1.54) is 19.2 Å². The van der Waals surface area contributed by atoms with Crippen molar-refractivity contribution in [3.8, 4) is 34.1 Å². The van der Waals surface area contributed by atoms with Crippen LogP contribution in [-0.4, -0.2) is 31.3 Å². The molecule has 152 valence electrons. The highest BCUT2D eigenvalue weighted by Gasteiger charge is 2.12. The van der Waals surface area contributed by atoms with Crippen LogP contribution < -0.4 is 15.0 Å². The van der Waals surface area contributed by atoms with Gasteiger partial charge in [0.05, 0.1) is 43.8 Å². The number of pyridine rings is 2. The Balaban J connectivity index is 1.79. The molecule has 2 heterocycles. The van der Waals surface area contributed by atoms with Crippen molar-refractivity contribution in [3.63, 3.8) is 0 Å². The number of hydrogen-bond donors (Lipinski definition) is 1. The predicted molar refractivity (Wildman–Crippen MR) is 119 cm³/mol. The fourth-order valence-electron chi connectivity index (χ4n) is 3.28. The van der Waals surface area contributed by atoms with Crippen molar-refractivity contribution in [1.29, 1.82) is 0 Å². The topological polar surface area (TPSA) is 73.4 Å². The van der Waals surface area contributed by atoms with E-state index in [4.69, 9.17) is 18.6 Å². The van der Waals surface area contributed by atoms with Gasteiger partial charge in [0, 0.05) is 28.6 Å². The molecule has 4 aromatic rings. The molecule has 0 amide bonds.